The monoisotopic (exact) mass is 214 g/mol. The van der Waals surface area contributed by atoms with E-state index in [1.54, 1.807) is 6.08 Å². The molecule has 0 heterocycles. The van der Waals surface area contributed by atoms with Crippen LogP contribution in [0.25, 0.3) is 0 Å². The highest BCUT2D eigenvalue weighted by Crippen LogP contribution is 2.35. The first-order valence-corrected chi connectivity index (χ1v) is 5.42. The van der Waals surface area contributed by atoms with E-state index in [0.29, 0.717) is 0 Å². The molecule has 0 saturated heterocycles. The summed E-state index contributed by atoms with van der Waals surface area (Å²) in [6.07, 6.45) is 13.5. The quantitative estimate of drug-likeness (QED) is 0.546. The van der Waals surface area contributed by atoms with Gasteiger partial charge in [-0.15, -0.1) is 0 Å². The molecule has 0 amide bonds. The first-order chi connectivity index (χ1) is 7.50. The van der Waals surface area contributed by atoms with Crippen LogP contribution >= 0.6 is 0 Å². The molecule has 86 valence electrons. The average molecular weight is 214 g/mol. The highest BCUT2D eigenvalue weighted by molar-refractivity contribution is 5.38. The van der Waals surface area contributed by atoms with Gasteiger partial charge in [-0.25, -0.2) is 0 Å². The largest absolute Gasteiger partial charge is 0.0991 e. The Balaban J connectivity index is 5.35. The third-order valence-corrected chi connectivity index (χ3v) is 2.78. The number of allylic oxidation sites excluding steroid dienone is 9. The predicted molar refractivity (Wildman–Crippen MR) is 75.4 cm³/mol. The lowest BCUT2D eigenvalue weighted by Crippen LogP contribution is -2.15. The molecule has 0 nitrogen and oxygen atoms in total. The molecule has 0 unspecified atom stereocenters. The van der Waals surface area contributed by atoms with E-state index in [4.69, 9.17) is 0 Å². The van der Waals surface area contributed by atoms with E-state index in [0.717, 1.165) is 0 Å². The lowest BCUT2D eigenvalue weighted by Gasteiger charge is -2.27. The Kier molecular flexibility index (Phi) is 6.17. The van der Waals surface area contributed by atoms with Crippen LogP contribution in [0.5, 0.6) is 0 Å². The Morgan fingerprint density at radius 3 is 1.94 bits per heavy atom. The van der Waals surface area contributed by atoms with E-state index in [9.17, 15) is 0 Å². The van der Waals surface area contributed by atoms with E-state index >= 15 is 0 Å². The van der Waals surface area contributed by atoms with Crippen molar-refractivity contribution in [3.63, 3.8) is 0 Å². The fourth-order valence-electron chi connectivity index (χ4n) is 1.38. The summed E-state index contributed by atoms with van der Waals surface area (Å²) in [5.41, 5.74) is 2.45. The summed E-state index contributed by atoms with van der Waals surface area (Å²) in [5, 5.41) is 0. The van der Waals surface area contributed by atoms with E-state index in [1.165, 1.54) is 11.1 Å². The molecule has 0 spiro atoms. The van der Waals surface area contributed by atoms with E-state index < -0.39 is 0 Å². The van der Waals surface area contributed by atoms with Gasteiger partial charge in [0.25, 0.3) is 0 Å². The molecule has 0 saturated carbocycles. The molecule has 0 atom stereocenters. The summed E-state index contributed by atoms with van der Waals surface area (Å²) in [7, 11) is 0. The van der Waals surface area contributed by atoms with Crippen LogP contribution < -0.4 is 0 Å². The van der Waals surface area contributed by atoms with Crippen molar-refractivity contribution in [2.45, 2.75) is 20.8 Å². The molecule has 0 N–H and O–H groups in total. The van der Waals surface area contributed by atoms with Crippen LogP contribution in [0.1, 0.15) is 20.8 Å². The van der Waals surface area contributed by atoms with Crippen LogP contribution in [0.2, 0.25) is 0 Å². The van der Waals surface area contributed by atoms with E-state index in [2.05, 4.69) is 46.6 Å². The maximum atomic E-state index is 3.75. The highest BCUT2D eigenvalue weighted by atomic mass is 14.3. The fraction of sp³-hybridized carbons (Fsp3) is 0.250. The van der Waals surface area contributed by atoms with Crippen molar-refractivity contribution in [2.75, 3.05) is 0 Å². The Hall–Kier alpha value is -1.56. The van der Waals surface area contributed by atoms with Gasteiger partial charge in [-0.1, -0.05) is 81.7 Å². The summed E-state index contributed by atoms with van der Waals surface area (Å²) >= 11 is 0. The van der Waals surface area contributed by atoms with Gasteiger partial charge in [0, 0.05) is 5.41 Å². The minimum absolute atomic E-state index is 0.0259. The van der Waals surface area contributed by atoms with Crippen LogP contribution in [-0.4, -0.2) is 0 Å². The lowest BCUT2D eigenvalue weighted by atomic mass is 9.77. The molecule has 0 aromatic carbocycles. The van der Waals surface area contributed by atoms with Gasteiger partial charge in [0.15, 0.2) is 0 Å². The molecule has 0 aliphatic carbocycles. The third-order valence-electron chi connectivity index (χ3n) is 2.78. The van der Waals surface area contributed by atoms with Crippen molar-refractivity contribution < 1.29 is 0 Å². The standard InChI is InChI=1S/C16H22/c1-7-10-13-15(12-9-3)16(5,6)14(4)11-8-2/h7-13H,1-3H2,4-6H3/b13-10-,14-11+,15-12+. The normalized spacial score (nSPS) is 13.9. The first-order valence-electron chi connectivity index (χ1n) is 5.42. The molecular weight excluding hydrogens is 192 g/mol. The van der Waals surface area contributed by atoms with Gasteiger partial charge < -0.3 is 0 Å². The van der Waals surface area contributed by atoms with Gasteiger partial charge in [-0.05, 0) is 12.5 Å². The molecule has 16 heavy (non-hydrogen) atoms. The summed E-state index contributed by atoms with van der Waals surface area (Å²) < 4.78 is 0. The van der Waals surface area contributed by atoms with E-state index in [1.807, 2.05) is 30.4 Å². The van der Waals surface area contributed by atoms with Gasteiger partial charge >= 0.3 is 0 Å². The van der Waals surface area contributed by atoms with Gasteiger partial charge in [0.1, 0.15) is 0 Å². The Morgan fingerprint density at radius 1 is 0.938 bits per heavy atom. The van der Waals surface area contributed by atoms with Crippen LogP contribution in [0.4, 0.5) is 0 Å². The van der Waals surface area contributed by atoms with Crippen LogP contribution in [0.15, 0.2) is 73.4 Å². The minimum atomic E-state index is -0.0259. The second-order valence-electron chi connectivity index (χ2n) is 4.16. The maximum absolute atomic E-state index is 3.75. The second kappa shape index (κ2) is 6.84. The number of rotatable bonds is 6. The van der Waals surface area contributed by atoms with Crippen LogP contribution in [0, 0.1) is 5.41 Å². The highest BCUT2D eigenvalue weighted by Gasteiger charge is 2.22. The molecule has 0 rings (SSSR count). The lowest BCUT2D eigenvalue weighted by molar-refractivity contribution is 0.552. The summed E-state index contributed by atoms with van der Waals surface area (Å²) in [6.45, 7) is 17.7. The Bertz CT molecular complexity index is 346. The molecule has 0 aromatic rings. The summed E-state index contributed by atoms with van der Waals surface area (Å²) in [6, 6.07) is 0. The van der Waals surface area contributed by atoms with Crippen LogP contribution in [-0.2, 0) is 0 Å². The zero-order valence-electron chi connectivity index (χ0n) is 10.7. The molecule has 0 bridgehead atoms. The van der Waals surface area contributed by atoms with Gasteiger partial charge in [-0.2, -0.15) is 0 Å². The Labute approximate surface area is 100 Å². The SMILES string of the molecule is C=C/C=C\C(=C/C=C)C(C)(C)/C(C)=C/C=C. The Morgan fingerprint density at radius 2 is 1.50 bits per heavy atom. The second-order valence-corrected chi connectivity index (χ2v) is 4.16. The summed E-state index contributed by atoms with van der Waals surface area (Å²) in [5.74, 6) is 0. The smallest absolute Gasteiger partial charge is 0.0105 e. The van der Waals surface area contributed by atoms with Crippen molar-refractivity contribution in [1.82, 2.24) is 0 Å². The predicted octanol–water partition coefficient (Wildman–Crippen LogP) is 5.00. The first kappa shape index (κ1) is 14.4. The van der Waals surface area contributed by atoms with Crippen molar-refractivity contribution in [3.8, 4) is 0 Å². The maximum Gasteiger partial charge on any atom is 0.0105 e. The molecule has 0 fully saturated rings. The molecular formula is C16H22. The number of hydrogen-bond donors (Lipinski definition) is 0. The van der Waals surface area contributed by atoms with Crippen molar-refractivity contribution in [2.24, 2.45) is 5.41 Å². The zero-order valence-corrected chi connectivity index (χ0v) is 10.7. The molecule has 0 aliphatic rings. The van der Waals surface area contributed by atoms with Gasteiger partial charge in [-0.3, -0.25) is 0 Å². The van der Waals surface area contributed by atoms with Crippen molar-refractivity contribution in [1.29, 1.82) is 0 Å². The molecule has 0 aliphatic heterocycles. The average Bonchev–Trinajstić information content (AvgIpc) is 2.24. The third kappa shape index (κ3) is 3.90. The molecule has 0 aromatic heterocycles. The van der Waals surface area contributed by atoms with E-state index in [-0.39, 0.29) is 5.41 Å². The van der Waals surface area contributed by atoms with Crippen molar-refractivity contribution in [3.05, 3.63) is 73.4 Å². The molecule has 0 radical (unpaired) electrons. The zero-order chi connectivity index (χ0) is 12.6. The topological polar surface area (TPSA) is 0 Å². The summed E-state index contributed by atoms with van der Waals surface area (Å²) in [4.78, 5) is 0. The van der Waals surface area contributed by atoms with Gasteiger partial charge in [0.05, 0.1) is 0 Å². The minimum Gasteiger partial charge on any atom is -0.0991 e. The van der Waals surface area contributed by atoms with Gasteiger partial charge in [0.2, 0.25) is 0 Å². The van der Waals surface area contributed by atoms with Crippen molar-refractivity contribution >= 4 is 0 Å². The molecule has 0 heteroatoms. The van der Waals surface area contributed by atoms with Crippen LogP contribution in [0.3, 0.4) is 0 Å². The fourth-order valence-corrected chi connectivity index (χ4v) is 1.38. The number of hydrogen-bond acceptors (Lipinski definition) is 0.